The van der Waals surface area contributed by atoms with Crippen molar-refractivity contribution in [1.82, 2.24) is 14.9 Å². The Balaban J connectivity index is 1.70. The van der Waals surface area contributed by atoms with E-state index in [4.69, 9.17) is 11.6 Å². The standard InChI is InChI=1S/C13H11ClN4O/c14-10-2-1-3-11(4-10)17-13(19)18-6-9-5-15-8-16-12(9)7-18/h1-5,8H,6-7H2,(H,17,19). The summed E-state index contributed by atoms with van der Waals surface area (Å²) in [6.45, 7) is 1.03. The average molecular weight is 275 g/mol. The van der Waals surface area contributed by atoms with Crippen LogP contribution >= 0.6 is 11.6 Å². The summed E-state index contributed by atoms with van der Waals surface area (Å²) in [5.74, 6) is 0. The summed E-state index contributed by atoms with van der Waals surface area (Å²) in [4.78, 5) is 21.9. The van der Waals surface area contributed by atoms with Gasteiger partial charge in [-0.25, -0.2) is 14.8 Å². The molecule has 2 heterocycles. The maximum Gasteiger partial charge on any atom is 0.322 e. The monoisotopic (exact) mass is 274 g/mol. The Morgan fingerprint density at radius 1 is 1.37 bits per heavy atom. The molecule has 3 rings (SSSR count). The van der Waals surface area contributed by atoms with Crippen molar-refractivity contribution in [3.63, 3.8) is 0 Å². The Labute approximate surface area is 115 Å². The molecule has 6 heteroatoms. The van der Waals surface area contributed by atoms with Crippen LogP contribution in [0.2, 0.25) is 5.02 Å². The molecule has 0 aliphatic carbocycles. The molecule has 2 amide bonds. The molecule has 1 N–H and O–H groups in total. The van der Waals surface area contributed by atoms with Gasteiger partial charge in [0.2, 0.25) is 0 Å². The quantitative estimate of drug-likeness (QED) is 0.870. The van der Waals surface area contributed by atoms with Crippen LogP contribution < -0.4 is 5.32 Å². The number of aromatic nitrogens is 2. The Kier molecular flexibility index (Phi) is 3.05. The summed E-state index contributed by atoms with van der Waals surface area (Å²) < 4.78 is 0. The van der Waals surface area contributed by atoms with E-state index in [1.165, 1.54) is 6.33 Å². The molecule has 1 aromatic carbocycles. The van der Waals surface area contributed by atoms with Crippen LogP contribution in [-0.4, -0.2) is 20.9 Å². The van der Waals surface area contributed by atoms with Crippen molar-refractivity contribution in [2.24, 2.45) is 0 Å². The Bertz CT molecular complexity index is 607. The van der Waals surface area contributed by atoms with Crippen LogP contribution in [0.1, 0.15) is 11.3 Å². The molecule has 0 fully saturated rings. The van der Waals surface area contributed by atoms with E-state index in [0.29, 0.717) is 23.8 Å². The predicted octanol–water partition coefficient (Wildman–Crippen LogP) is 2.68. The first-order valence-electron chi connectivity index (χ1n) is 5.81. The highest BCUT2D eigenvalue weighted by Gasteiger charge is 2.24. The number of halogens is 1. The third-order valence-corrected chi connectivity index (χ3v) is 3.18. The van der Waals surface area contributed by atoms with Crippen LogP contribution in [0.3, 0.4) is 0 Å². The maximum absolute atomic E-state index is 12.1. The highest BCUT2D eigenvalue weighted by molar-refractivity contribution is 6.30. The summed E-state index contributed by atoms with van der Waals surface area (Å²) in [6.07, 6.45) is 3.24. The summed E-state index contributed by atoms with van der Waals surface area (Å²) in [5, 5.41) is 3.40. The Hall–Kier alpha value is -2.14. The minimum absolute atomic E-state index is 0.166. The van der Waals surface area contributed by atoms with Crippen molar-refractivity contribution in [3.05, 3.63) is 53.1 Å². The van der Waals surface area contributed by atoms with Gasteiger partial charge in [0.25, 0.3) is 0 Å². The highest BCUT2D eigenvalue weighted by atomic mass is 35.5. The second-order valence-electron chi connectivity index (χ2n) is 4.29. The molecule has 0 radical (unpaired) electrons. The normalized spacial score (nSPS) is 13.2. The van der Waals surface area contributed by atoms with Gasteiger partial charge in [-0.15, -0.1) is 0 Å². The van der Waals surface area contributed by atoms with E-state index in [9.17, 15) is 4.79 Å². The fraction of sp³-hybridized carbons (Fsp3) is 0.154. The average Bonchev–Trinajstić information content (AvgIpc) is 2.82. The number of rotatable bonds is 1. The number of fused-ring (bicyclic) bond motifs is 1. The zero-order valence-corrected chi connectivity index (χ0v) is 10.8. The molecule has 5 nitrogen and oxygen atoms in total. The molecular weight excluding hydrogens is 264 g/mol. The number of nitrogens with one attached hydrogen (secondary N) is 1. The van der Waals surface area contributed by atoms with Crippen LogP contribution in [0.15, 0.2) is 36.8 Å². The third kappa shape index (κ3) is 2.51. The highest BCUT2D eigenvalue weighted by Crippen LogP contribution is 2.21. The fourth-order valence-corrected chi connectivity index (χ4v) is 2.20. The van der Waals surface area contributed by atoms with E-state index in [1.807, 2.05) is 0 Å². The third-order valence-electron chi connectivity index (χ3n) is 2.95. The first-order valence-corrected chi connectivity index (χ1v) is 6.19. The second kappa shape index (κ2) is 4.85. The maximum atomic E-state index is 12.1. The van der Waals surface area contributed by atoms with Crippen molar-refractivity contribution >= 4 is 23.3 Å². The van der Waals surface area contributed by atoms with Gasteiger partial charge in [-0.3, -0.25) is 0 Å². The van der Waals surface area contributed by atoms with Crippen LogP contribution in [-0.2, 0) is 13.1 Å². The van der Waals surface area contributed by atoms with E-state index in [0.717, 1.165) is 11.3 Å². The van der Waals surface area contributed by atoms with Gasteiger partial charge >= 0.3 is 6.03 Å². The summed E-state index contributed by atoms with van der Waals surface area (Å²) in [5.41, 5.74) is 2.57. The largest absolute Gasteiger partial charge is 0.322 e. The van der Waals surface area contributed by atoms with Crippen LogP contribution in [0.4, 0.5) is 10.5 Å². The molecule has 0 saturated heterocycles. The summed E-state index contributed by atoms with van der Waals surface area (Å²) in [6, 6.07) is 6.90. The van der Waals surface area contributed by atoms with Gasteiger partial charge in [0.05, 0.1) is 18.8 Å². The van der Waals surface area contributed by atoms with Gasteiger partial charge in [0, 0.05) is 22.5 Å². The number of carbonyl (C=O) groups is 1. The molecule has 96 valence electrons. The molecule has 1 aliphatic heterocycles. The number of urea groups is 1. The van der Waals surface area contributed by atoms with Crippen LogP contribution in [0.25, 0.3) is 0 Å². The lowest BCUT2D eigenvalue weighted by molar-refractivity contribution is 0.212. The number of amides is 2. The number of hydrogen-bond acceptors (Lipinski definition) is 3. The molecule has 0 saturated carbocycles. The van der Waals surface area contributed by atoms with Crippen molar-refractivity contribution in [1.29, 1.82) is 0 Å². The first-order chi connectivity index (χ1) is 9.22. The molecule has 1 aliphatic rings. The van der Waals surface area contributed by atoms with E-state index in [1.54, 1.807) is 35.4 Å². The second-order valence-corrected chi connectivity index (χ2v) is 4.73. The van der Waals surface area contributed by atoms with Crippen molar-refractivity contribution < 1.29 is 4.79 Å². The number of carbonyl (C=O) groups excluding carboxylic acids is 1. The van der Waals surface area contributed by atoms with E-state index in [-0.39, 0.29) is 6.03 Å². The fourth-order valence-electron chi connectivity index (χ4n) is 2.01. The Morgan fingerprint density at radius 3 is 3.05 bits per heavy atom. The lowest BCUT2D eigenvalue weighted by Crippen LogP contribution is -2.30. The van der Waals surface area contributed by atoms with Gasteiger partial charge in [0.15, 0.2) is 0 Å². The van der Waals surface area contributed by atoms with Gasteiger partial charge in [0.1, 0.15) is 6.33 Å². The number of benzene rings is 1. The van der Waals surface area contributed by atoms with Gasteiger partial charge < -0.3 is 10.2 Å². The SMILES string of the molecule is O=C(Nc1cccc(Cl)c1)N1Cc2cncnc2C1. The number of anilines is 1. The molecular formula is C13H11ClN4O. The van der Waals surface area contributed by atoms with Gasteiger partial charge in [-0.05, 0) is 18.2 Å². The molecule has 0 unspecified atom stereocenters. The number of hydrogen-bond donors (Lipinski definition) is 1. The van der Waals surface area contributed by atoms with E-state index >= 15 is 0 Å². The zero-order chi connectivity index (χ0) is 13.2. The van der Waals surface area contributed by atoms with Gasteiger partial charge in [-0.2, -0.15) is 0 Å². The molecule has 0 atom stereocenters. The molecule has 2 aromatic rings. The minimum atomic E-state index is -0.166. The molecule has 0 bridgehead atoms. The van der Waals surface area contributed by atoms with Gasteiger partial charge in [-0.1, -0.05) is 17.7 Å². The van der Waals surface area contributed by atoms with Crippen LogP contribution in [0, 0.1) is 0 Å². The minimum Gasteiger partial charge on any atom is -0.314 e. The van der Waals surface area contributed by atoms with Crippen LogP contribution in [0.5, 0.6) is 0 Å². The molecule has 19 heavy (non-hydrogen) atoms. The van der Waals surface area contributed by atoms with Crippen molar-refractivity contribution in [3.8, 4) is 0 Å². The van der Waals surface area contributed by atoms with Crippen molar-refractivity contribution in [2.75, 3.05) is 5.32 Å². The van der Waals surface area contributed by atoms with E-state index in [2.05, 4.69) is 15.3 Å². The Morgan fingerprint density at radius 2 is 2.26 bits per heavy atom. The number of nitrogens with zero attached hydrogens (tertiary/aromatic N) is 3. The molecule has 0 spiro atoms. The lowest BCUT2D eigenvalue weighted by Gasteiger charge is -2.16. The first kappa shape index (κ1) is 11.9. The van der Waals surface area contributed by atoms with Crippen molar-refractivity contribution in [2.45, 2.75) is 13.1 Å². The molecule has 1 aromatic heterocycles. The summed E-state index contributed by atoms with van der Waals surface area (Å²) >= 11 is 5.88. The van der Waals surface area contributed by atoms with E-state index < -0.39 is 0 Å². The topological polar surface area (TPSA) is 58.1 Å². The lowest BCUT2D eigenvalue weighted by atomic mass is 10.3. The predicted molar refractivity (Wildman–Crippen MR) is 71.7 cm³/mol. The summed E-state index contributed by atoms with van der Waals surface area (Å²) in [7, 11) is 0. The zero-order valence-electron chi connectivity index (χ0n) is 10.0. The smallest absolute Gasteiger partial charge is 0.314 e.